The van der Waals surface area contributed by atoms with Crippen LogP contribution < -0.4 is 0 Å². The zero-order chi connectivity index (χ0) is 5.40. The standard InChI is InChI=1S/C7H13P.ClH/c1-2-6(3-1)8-7-4-5-7;/h6-8H,1-5H2;1H. The molecule has 0 amide bonds. The topological polar surface area (TPSA) is 0 Å². The van der Waals surface area contributed by atoms with Gasteiger partial charge in [0.15, 0.2) is 0 Å². The van der Waals surface area contributed by atoms with E-state index < -0.39 is 0 Å². The average Bonchev–Trinajstić information content (AvgIpc) is 2.36. The molecule has 0 radical (unpaired) electrons. The van der Waals surface area contributed by atoms with E-state index in [0.717, 1.165) is 0 Å². The molecule has 0 aromatic rings. The quantitative estimate of drug-likeness (QED) is 0.551. The van der Waals surface area contributed by atoms with Crippen molar-refractivity contribution in [1.29, 1.82) is 0 Å². The second-order valence-corrected chi connectivity index (χ2v) is 5.04. The first-order chi connectivity index (χ1) is 3.95. The molecule has 0 aromatic heterocycles. The van der Waals surface area contributed by atoms with Gasteiger partial charge in [-0.2, -0.15) is 0 Å². The van der Waals surface area contributed by atoms with Gasteiger partial charge >= 0.3 is 0 Å². The monoisotopic (exact) mass is 164 g/mol. The smallest absolute Gasteiger partial charge is 0.0234 e. The van der Waals surface area contributed by atoms with Gasteiger partial charge in [-0.3, -0.25) is 0 Å². The first-order valence-electron chi connectivity index (χ1n) is 3.71. The zero-order valence-corrected chi connectivity index (χ0v) is 7.41. The van der Waals surface area contributed by atoms with E-state index in [-0.39, 0.29) is 12.4 Å². The highest BCUT2D eigenvalue weighted by Gasteiger charge is 2.27. The van der Waals surface area contributed by atoms with E-state index in [1.807, 2.05) is 0 Å². The molecule has 2 saturated carbocycles. The van der Waals surface area contributed by atoms with Gasteiger partial charge in [-0.15, -0.1) is 21.0 Å². The van der Waals surface area contributed by atoms with Crippen LogP contribution in [0.1, 0.15) is 32.1 Å². The Morgan fingerprint density at radius 3 is 1.78 bits per heavy atom. The summed E-state index contributed by atoms with van der Waals surface area (Å²) >= 11 is 0. The van der Waals surface area contributed by atoms with Gasteiger partial charge in [0.1, 0.15) is 0 Å². The Bertz CT molecular complexity index is 86.9. The van der Waals surface area contributed by atoms with Crippen LogP contribution in [0.3, 0.4) is 0 Å². The van der Waals surface area contributed by atoms with Crippen molar-refractivity contribution < 1.29 is 0 Å². The van der Waals surface area contributed by atoms with E-state index >= 15 is 0 Å². The van der Waals surface area contributed by atoms with Gasteiger partial charge in [0.2, 0.25) is 0 Å². The van der Waals surface area contributed by atoms with Crippen LogP contribution in [0.15, 0.2) is 0 Å². The molecule has 0 N–H and O–H groups in total. The second kappa shape index (κ2) is 3.21. The number of halogens is 1. The molecule has 1 atom stereocenters. The summed E-state index contributed by atoms with van der Waals surface area (Å²) in [5.74, 6) is 0. The molecule has 0 spiro atoms. The maximum Gasteiger partial charge on any atom is -0.0234 e. The average molecular weight is 165 g/mol. The normalized spacial score (nSPS) is 28.0. The van der Waals surface area contributed by atoms with E-state index in [1.165, 1.54) is 26.3 Å². The fraction of sp³-hybridized carbons (Fsp3) is 1.00. The Hall–Kier alpha value is 0.720. The molecule has 0 aromatic carbocycles. The minimum Gasteiger partial charge on any atom is -0.147 e. The fourth-order valence-corrected chi connectivity index (χ4v) is 3.07. The first-order valence-corrected chi connectivity index (χ1v) is 4.87. The predicted molar refractivity (Wildman–Crippen MR) is 46.2 cm³/mol. The lowest BCUT2D eigenvalue weighted by atomic mass is 10.00. The molecule has 0 heterocycles. The maximum atomic E-state index is 1.56. The molecule has 0 bridgehead atoms. The molecule has 2 aliphatic rings. The van der Waals surface area contributed by atoms with E-state index in [4.69, 9.17) is 0 Å². The lowest BCUT2D eigenvalue weighted by molar-refractivity contribution is 0.517. The van der Waals surface area contributed by atoms with Crippen molar-refractivity contribution in [2.75, 3.05) is 0 Å². The molecule has 2 rings (SSSR count). The predicted octanol–water partition coefficient (Wildman–Crippen LogP) is 2.80. The van der Waals surface area contributed by atoms with E-state index in [0.29, 0.717) is 0 Å². The summed E-state index contributed by atoms with van der Waals surface area (Å²) in [6.07, 6.45) is 7.79. The zero-order valence-electron chi connectivity index (χ0n) is 5.60. The molecule has 0 nitrogen and oxygen atoms in total. The molecule has 2 fully saturated rings. The van der Waals surface area contributed by atoms with Gasteiger partial charge < -0.3 is 0 Å². The van der Waals surface area contributed by atoms with Crippen molar-refractivity contribution >= 4 is 21.0 Å². The highest BCUT2D eigenvalue weighted by atomic mass is 35.5. The Kier molecular flexibility index (Phi) is 2.79. The maximum absolute atomic E-state index is 1.56. The van der Waals surface area contributed by atoms with Crippen molar-refractivity contribution in [3.05, 3.63) is 0 Å². The van der Waals surface area contributed by atoms with Gasteiger partial charge in [-0.1, -0.05) is 6.42 Å². The summed E-state index contributed by atoms with van der Waals surface area (Å²) < 4.78 is 0. The van der Waals surface area contributed by atoms with Crippen LogP contribution in [0.25, 0.3) is 0 Å². The molecule has 2 aliphatic carbocycles. The van der Waals surface area contributed by atoms with Crippen molar-refractivity contribution in [2.24, 2.45) is 0 Å². The molecule has 1 unspecified atom stereocenters. The number of hydrogen-bond acceptors (Lipinski definition) is 0. The van der Waals surface area contributed by atoms with Crippen molar-refractivity contribution in [3.8, 4) is 0 Å². The third kappa shape index (κ3) is 2.09. The third-order valence-electron chi connectivity index (χ3n) is 2.15. The van der Waals surface area contributed by atoms with Crippen molar-refractivity contribution in [3.63, 3.8) is 0 Å². The number of hydrogen-bond donors (Lipinski definition) is 0. The molecule has 54 valence electrons. The molecule has 0 aliphatic heterocycles. The summed E-state index contributed by atoms with van der Waals surface area (Å²) in [5, 5.41) is 0. The highest BCUT2D eigenvalue weighted by molar-refractivity contribution is 7.40. The fourth-order valence-electron chi connectivity index (χ4n) is 1.16. The third-order valence-corrected chi connectivity index (χ3v) is 4.25. The molecular weight excluding hydrogens is 151 g/mol. The van der Waals surface area contributed by atoms with Gasteiger partial charge in [0, 0.05) is 0 Å². The van der Waals surface area contributed by atoms with Crippen LogP contribution in [-0.2, 0) is 0 Å². The number of rotatable bonds is 2. The molecule has 0 saturated heterocycles. The first kappa shape index (κ1) is 7.82. The van der Waals surface area contributed by atoms with Gasteiger partial charge in [0.25, 0.3) is 0 Å². The molecular formula is C7H14ClP. The van der Waals surface area contributed by atoms with Crippen LogP contribution in [0.4, 0.5) is 0 Å². The SMILES string of the molecule is C1CC(PC2CC2)C1.Cl. The minimum atomic E-state index is 0. The summed E-state index contributed by atoms with van der Waals surface area (Å²) in [4.78, 5) is 0. The van der Waals surface area contributed by atoms with Crippen LogP contribution in [0.2, 0.25) is 0 Å². The van der Waals surface area contributed by atoms with Gasteiger partial charge in [-0.05, 0) is 37.0 Å². The Labute approximate surface area is 65.0 Å². The van der Waals surface area contributed by atoms with Crippen molar-refractivity contribution in [2.45, 2.75) is 43.4 Å². The van der Waals surface area contributed by atoms with Crippen molar-refractivity contribution in [1.82, 2.24) is 0 Å². The van der Waals surface area contributed by atoms with Crippen LogP contribution in [-0.4, -0.2) is 11.3 Å². The summed E-state index contributed by atoms with van der Waals surface area (Å²) in [7, 11) is 1.36. The van der Waals surface area contributed by atoms with Crippen LogP contribution in [0, 0.1) is 0 Å². The van der Waals surface area contributed by atoms with E-state index in [2.05, 4.69) is 0 Å². The van der Waals surface area contributed by atoms with E-state index in [1.54, 1.807) is 25.7 Å². The Morgan fingerprint density at radius 2 is 1.44 bits per heavy atom. The van der Waals surface area contributed by atoms with Crippen LogP contribution in [0.5, 0.6) is 0 Å². The Morgan fingerprint density at radius 1 is 0.889 bits per heavy atom. The van der Waals surface area contributed by atoms with Gasteiger partial charge in [-0.25, -0.2) is 0 Å². The lowest BCUT2D eigenvalue weighted by Crippen LogP contribution is -2.11. The molecule has 9 heavy (non-hydrogen) atoms. The van der Waals surface area contributed by atoms with Crippen LogP contribution >= 0.6 is 21.0 Å². The summed E-state index contributed by atoms with van der Waals surface area (Å²) in [6.45, 7) is 0. The molecule has 2 heteroatoms. The second-order valence-electron chi connectivity index (χ2n) is 3.07. The summed E-state index contributed by atoms with van der Waals surface area (Å²) in [6, 6.07) is 0. The Balaban J connectivity index is 0.000000405. The minimum absolute atomic E-state index is 0. The van der Waals surface area contributed by atoms with Gasteiger partial charge in [0.05, 0.1) is 0 Å². The largest absolute Gasteiger partial charge is 0.147 e. The highest BCUT2D eigenvalue weighted by Crippen LogP contribution is 2.48. The van der Waals surface area contributed by atoms with E-state index in [9.17, 15) is 0 Å². The summed E-state index contributed by atoms with van der Waals surface area (Å²) in [5.41, 5.74) is 2.41. The lowest BCUT2D eigenvalue weighted by Gasteiger charge is -2.24.